The van der Waals surface area contributed by atoms with E-state index in [1.807, 2.05) is 0 Å². The summed E-state index contributed by atoms with van der Waals surface area (Å²) in [5, 5.41) is 4.20. The Morgan fingerprint density at radius 2 is 2.00 bits per heavy atom. The van der Waals surface area contributed by atoms with Crippen LogP contribution in [-0.2, 0) is 0 Å². The summed E-state index contributed by atoms with van der Waals surface area (Å²) >= 11 is 5.75. The lowest BCUT2D eigenvalue weighted by atomic mass is 9.98. The number of piperidine rings is 1. The quantitative estimate of drug-likeness (QED) is 0.773. The van der Waals surface area contributed by atoms with Crippen LogP contribution in [0.3, 0.4) is 0 Å². The molecule has 0 radical (unpaired) electrons. The second-order valence-electron chi connectivity index (χ2n) is 4.62. The van der Waals surface area contributed by atoms with Crippen LogP contribution in [0.25, 0.3) is 0 Å². The van der Waals surface area contributed by atoms with Crippen molar-refractivity contribution < 1.29 is 0 Å². The standard InChI is InChI=1S/C11H19ClN2/c1-8(12)7-13-9-5-10-3-4-11(6-9)14(10)2/h9-11,13H,1,3-7H2,2H3. The molecule has 2 bridgehead atoms. The van der Waals surface area contributed by atoms with Crippen LogP contribution >= 0.6 is 11.6 Å². The molecular weight excluding hydrogens is 196 g/mol. The summed E-state index contributed by atoms with van der Waals surface area (Å²) < 4.78 is 0. The van der Waals surface area contributed by atoms with E-state index in [-0.39, 0.29) is 0 Å². The lowest BCUT2D eigenvalue weighted by Gasteiger charge is -2.36. The molecule has 0 aliphatic carbocycles. The van der Waals surface area contributed by atoms with Crippen LogP contribution in [0.15, 0.2) is 11.6 Å². The molecule has 3 heteroatoms. The molecule has 0 aromatic heterocycles. The largest absolute Gasteiger partial charge is 0.309 e. The molecule has 0 aromatic carbocycles. The van der Waals surface area contributed by atoms with Crippen LogP contribution in [0.1, 0.15) is 25.7 Å². The molecule has 0 spiro atoms. The van der Waals surface area contributed by atoms with Gasteiger partial charge in [-0.3, -0.25) is 0 Å². The van der Waals surface area contributed by atoms with Gasteiger partial charge in [-0.25, -0.2) is 0 Å². The highest BCUT2D eigenvalue weighted by atomic mass is 35.5. The van der Waals surface area contributed by atoms with E-state index < -0.39 is 0 Å². The average molecular weight is 215 g/mol. The van der Waals surface area contributed by atoms with Crippen molar-refractivity contribution in [1.29, 1.82) is 0 Å². The Balaban J connectivity index is 1.84. The van der Waals surface area contributed by atoms with E-state index in [9.17, 15) is 0 Å². The van der Waals surface area contributed by atoms with E-state index in [0.717, 1.165) is 23.7 Å². The van der Waals surface area contributed by atoms with E-state index in [4.69, 9.17) is 11.6 Å². The van der Waals surface area contributed by atoms with Crippen LogP contribution in [0.5, 0.6) is 0 Å². The van der Waals surface area contributed by atoms with Gasteiger partial charge in [-0.15, -0.1) is 0 Å². The smallest absolute Gasteiger partial charge is 0.0310 e. The molecule has 0 aromatic rings. The normalized spacial score (nSPS) is 37.4. The topological polar surface area (TPSA) is 15.3 Å². The van der Waals surface area contributed by atoms with Crippen molar-refractivity contribution in [2.24, 2.45) is 0 Å². The molecule has 2 aliphatic heterocycles. The third-order valence-corrected chi connectivity index (χ3v) is 3.81. The summed E-state index contributed by atoms with van der Waals surface area (Å²) in [5.41, 5.74) is 0. The Morgan fingerprint density at radius 3 is 2.50 bits per heavy atom. The monoisotopic (exact) mass is 214 g/mol. The minimum atomic E-state index is 0.652. The number of nitrogens with zero attached hydrogens (tertiary/aromatic N) is 1. The first kappa shape index (κ1) is 10.5. The van der Waals surface area contributed by atoms with Crippen LogP contribution < -0.4 is 5.32 Å². The predicted molar refractivity (Wildman–Crippen MR) is 60.6 cm³/mol. The van der Waals surface area contributed by atoms with Crippen molar-refractivity contribution in [2.45, 2.75) is 43.8 Å². The summed E-state index contributed by atoms with van der Waals surface area (Å²) in [5.74, 6) is 0. The highest BCUT2D eigenvalue weighted by Crippen LogP contribution is 2.34. The number of hydrogen-bond donors (Lipinski definition) is 1. The molecule has 2 saturated heterocycles. The molecule has 0 amide bonds. The van der Waals surface area contributed by atoms with Crippen LogP contribution in [0.2, 0.25) is 0 Å². The van der Waals surface area contributed by atoms with Gasteiger partial charge in [0.25, 0.3) is 0 Å². The minimum absolute atomic E-state index is 0.652. The second-order valence-corrected chi connectivity index (χ2v) is 5.15. The Bertz CT molecular complexity index is 215. The van der Waals surface area contributed by atoms with E-state index in [1.54, 1.807) is 0 Å². The fourth-order valence-corrected chi connectivity index (χ4v) is 2.91. The third-order valence-electron chi connectivity index (χ3n) is 3.68. The van der Waals surface area contributed by atoms with Gasteiger partial charge in [0.1, 0.15) is 0 Å². The lowest BCUT2D eigenvalue weighted by Crippen LogP contribution is -2.47. The Kier molecular flexibility index (Phi) is 3.15. The molecule has 2 fully saturated rings. The fourth-order valence-electron chi connectivity index (χ4n) is 2.83. The zero-order valence-corrected chi connectivity index (χ0v) is 9.56. The molecule has 1 N–H and O–H groups in total. The van der Waals surface area contributed by atoms with Gasteiger partial charge in [-0.2, -0.15) is 0 Å². The third kappa shape index (κ3) is 2.13. The Hall–Kier alpha value is -0.0500. The summed E-state index contributed by atoms with van der Waals surface area (Å²) in [7, 11) is 2.26. The van der Waals surface area contributed by atoms with Crippen molar-refractivity contribution in [3.05, 3.63) is 11.6 Å². The summed E-state index contributed by atoms with van der Waals surface area (Å²) in [6.07, 6.45) is 5.30. The molecule has 2 nitrogen and oxygen atoms in total. The molecule has 2 atom stereocenters. The lowest BCUT2D eigenvalue weighted by molar-refractivity contribution is 0.150. The average Bonchev–Trinajstić information content (AvgIpc) is 2.41. The first-order valence-electron chi connectivity index (χ1n) is 5.45. The molecule has 0 saturated carbocycles. The first-order chi connectivity index (χ1) is 6.66. The van der Waals surface area contributed by atoms with E-state index in [2.05, 4.69) is 23.8 Å². The molecule has 2 heterocycles. The van der Waals surface area contributed by atoms with Crippen LogP contribution in [0.4, 0.5) is 0 Å². The first-order valence-corrected chi connectivity index (χ1v) is 5.83. The SMILES string of the molecule is C=C(Cl)CNC1CC2CCC(C1)N2C. The van der Waals surface area contributed by atoms with Gasteiger partial charge in [0.05, 0.1) is 0 Å². The van der Waals surface area contributed by atoms with Gasteiger partial charge in [-0.05, 0) is 32.7 Å². The van der Waals surface area contributed by atoms with Gasteiger partial charge in [0.15, 0.2) is 0 Å². The van der Waals surface area contributed by atoms with Crippen LogP contribution in [0, 0.1) is 0 Å². The van der Waals surface area contributed by atoms with Gasteiger partial charge in [0.2, 0.25) is 0 Å². The maximum Gasteiger partial charge on any atom is 0.0310 e. The molecular formula is C11H19ClN2. The van der Waals surface area contributed by atoms with Crippen molar-refractivity contribution in [3.8, 4) is 0 Å². The van der Waals surface area contributed by atoms with Crippen molar-refractivity contribution in [2.75, 3.05) is 13.6 Å². The maximum atomic E-state index is 5.75. The number of halogens is 1. The summed E-state index contributed by atoms with van der Waals surface area (Å²) in [6.45, 7) is 4.46. The Morgan fingerprint density at radius 1 is 1.43 bits per heavy atom. The summed E-state index contributed by atoms with van der Waals surface area (Å²) in [4.78, 5) is 2.55. The fraction of sp³-hybridized carbons (Fsp3) is 0.818. The van der Waals surface area contributed by atoms with Crippen LogP contribution in [-0.4, -0.2) is 36.6 Å². The molecule has 2 aliphatic rings. The van der Waals surface area contributed by atoms with Crippen molar-refractivity contribution >= 4 is 11.6 Å². The van der Waals surface area contributed by atoms with Gasteiger partial charge < -0.3 is 10.2 Å². The minimum Gasteiger partial charge on any atom is -0.309 e. The maximum absolute atomic E-state index is 5.75. The van der Waals surface area contributed by atoms with Gasteiger partial charge in [0, 0.05) is 29.7 Å². The predicted octanol–water partition coefficient (Wildman–Crippen LogP) is 1.95. The second kappa shape index (κ2) is 4.21. The van der Waals surface area contributed by atoms with E-state index in [0.29, 0.717) is 6.04 Å². The van der Waals surface area contributed by atoms with Crippen molar-refractivity contribution in [3.63, 3.8) is 0 Å². The number of hydrogen-bond acceptors (Lipinski definition) is 2. The number of nitrogens with one attached hydrogen (secondary N) is 1. The molecule has 14 heavy (non-hydrogen) atoms. The van der Waals surface area contributed by atoms with Crippen molar-refractivity contribution in [1.82, 2.24) is 10.2 Å². The van der Waals surface area contributed by atoms with Gasteiger partial charge in [-0.1, -0.05) is 18.2 Å². The molecule has 2 rings (SSSR count). The highest BCUT2D eigenvalue weighted by Gasteiger charge is 2.37. The van der Waals surface area contributed by atoms with E-state index in [1.165, 1.54) is 25.7 Å². The van der Waals surface area contributed by atoms with Gasteiger partial charge >= 0.3 is 0 Å². The summed E-state index contributed by atoms with van der Waals surface area (Å²) in [6, 6.07) is 2.25. The van der Waals surface area contributed by atoms with E-state index >= 15 is 0 Å². The number of fused-ring (bicyclic) bond motifs is 2. The zero-order valence-electron chi connectivity index (χ0n) is 8.80. The Labute approximate surface area is 91.3 Å². The number of rotatable bonds is 3. The zero-order chi connectivity index (χ0) is 10.1. The highest BCUT2D eigenvalue weighted by molar-refractivity contribution is 6.29. The molecule has 2 unspecified atom stereocenters. The molecule has 80 valence electrons.